The number of benzene rings is 2. The lowest BCUT2D eigenvalue weighted by molar-refractivity contribution is -0.00799. The van der Waals surface area contributed by atoms with Crippen molar-refractivity contribution in [2.75, 3.05) is 13.7 Å². The molecular weight excluding hydrogens is 430 g/mol. The van der Waals surface area contributed by atoms with Crippen LogP contribution < -0.4 is 16.0 Å². The van der Waals surface area contributed by atoms with E-state index in [0.29, 0.717) is 23.3 Å². The van der Waals surface area contributed by atoms with Crippen LogP contribution in [-0.2, 0) is 24.4 Å². The Bertz CT molecular complexity index is 1540. The SMILES string of the molecule is COc1ccccc1[C@@H]1OCC(C)(C)n2c(-c3ccc(C)cc3)c3c(=O)n(C)c(=O)n(C)c3c21. The first-order chi connectivity index (χ1) is 16.2. The maximum absolute atomic E-state index is 13.6. The van der Waals surface area contributed by atoms with Crippen LogP contribution in [0, 0.1) is 6.92 Å². The van der Waals surface area contributed by atoms with Crippen LogP contribution >= 0.6 is 0 Å². The molecule has 0 bridgehead atoms. The molecule has 0 N–H and O–H groups in total. The monoisotopic (exact) mass is 459 g/mol. The zero-order chi connectivity index (χ0) is 24.4. The Morgan fingerprint density at radius 2 is 1.68 bits per heavy atom. The molecule has 1 aliphatic rings. The first kappa shape index (κ1) is 22.2. The fourth-order valence-electron chi connectivity index (χ4n) is 5.10. The average molecular weight is 460 g/mol. The summed E-state index contributed by atoms with van der Waals surface area (Å²) in [5, 5.41) is 0.516. The van der Waals surface area contributed by atoms with Crippen molar-refractivity contribution < 1.29 is 9.47 Å². The van der Waals surface area contributed by atoms with Crippen LogP contribution in [0.1, 0.15) is 36.8 Å². The first-order valence-electron chi connectivity index (χ1n) is 11.3. The Morgan fingerprint density at radius 1 is 1.00 bits per heavy atom. The standard InChI is InChI=1S/C27H29N3O4/c1-16-11-13-17(14-12-16)21-20-22(28(4)26(32)29(5)25(20)31)23-24(34-15-27(2,3)30(21)23)18-9-7-8-10-19(18)33-6/h7-14,24H,15H2,1-6H3/t24-/m0/s1. The molecule has 0 saturated carbocycles. The number of fused-ring (bicyclic) bond motifs is 3. The Labute approximate surface area is 197 Å². The van der Waals surface area contributed by atoms with Gasteiger partial charge in [0, 0.05) is 19.7 Å². The van der Waals surface area contributed by atoms with Crippen LogP contribution in [-0.4, -0.2) is 27.4 Å². The Kier molecular flexibility index (Phi) is 5.06. The number of ether oxygens (including phenoxy) is 2. The number of hydrogen-bond donors (Lipinski definition) is 0. The van der Waals surface area contributed by atoms with Crippen LogP contribution in [0.4, 0.5) is 0 Å². The van der Waals surface area contributed by atoms with Gasteiger partial charge in [-0.05, 0) is 32.4 Å². The van der Waals surface area contributed by atoms with Crippen molar-refractivity contribution >= 4 is 10.9 Å². The van der Waals surface area contributed by atoms with Crippen LogP contribution in [0.25, 0.3) is 22.2 Å². The van der Waals surface area contributed by atoms with Crippen LogP contribution in [0.5, 0.6) is 5.75 Å². The van der Waals surface area contributed by atoms with Gasteiger partial charge in [-0.2, -0.15) is 0 Å². The van der Waals surface area contributed by atoms with Crippen molar-refractivity contribution in [1.29, 1.82) is 0 Å². The molecule has 7 heteroatoms. The van der Waals surface area contributed by atoms with Gasteiger partial charge >= 0.3 is 5.69 Å². The Morgan fingerprint density at radius 3 is 2.35 bits per heavy atom. The minimum absolute atomic E-state index is 0.315. The van der Waals surface area contributed by atoms with E-state index in [1.54, 1.807) is 18.7 Å². The molecule has 0 spiro atoms. The van der Waals surface area contributed by atoms with E-state index in [-0.39, 0.29) is 11.2 Å². The summed E-state index contributed by atoms with van der Waals surface area (Å²) in [6, 6.07) is 15.9. The molecule has 0 saturated heterocycles. The molecular formula is C27H29N3O4. The lowest BCUT2D eigenvalue weighted by Gasteiger charge is -2.39. The van der Waals surface area contributed by atoms with E-state index in [1.807, 2.05) is 55.5 Å². The van der Waals surface area contributed by atoms with Gasteiger partial charge in [-0.15, -0.1) is 0 Å². The third-order valence-corrected chi connectivity index (χ3v) is 6.81. The second-order valence-electron chi connectivity index (χ2n) is 9.61. The van der Waals surface area contributed by atoms with Crippen molar-refractivity contribution in [3.8, 4) is 17.0 Å². The van der Waals surface area contributed by atoms with E-state index in [4.69, 9.17) is 9.47 Å². The molecule has 0 unspecified atom stereocenters. The minimum atomic E-state index is -0.511. The van der Waals surface area contributed by atoms with Crippen molar-refractivity contribution in [1.82, 2.24) is 13.7 Å². The van der Waals surface area contributed by atoms with Gasteiger partial charge in [-0.1, -0.05) is 48.0 Å². The summed E-state index contributed by atoms with van der Waals surface area (Å²) < 4.78 is 17.1. The molecule has 0 radical (unpaired) electrons. The number of rotatable bonds is 3. The maximum Gasteiger partial charge on any atom is 0.331 e. The molecule has 0 amide bonds. The summed E-state index contributed by atoms with van der Waals surface area (Å²) >= 11 is 0. The third-order valence-electron chi connectivity index (χ3n) is 6.81. The summed E-state index contributed by atoms with van der Waals surface area (Å²) in [4.78, 5) is 26.7. The number of aryl methyl sites for hydroxylation is 2. The fraction of sp³-hybridized carbons (Fsp3) is 0.333. The van der Waals surface area contributed by atoms with Gasteiger partial charge in [0.1, 0.15) is 11.9 Å². The molecule has 34 heavy (non-hydrogen) atoms. The molecule has 0 aliphatic carbocycles. The lowest BCUT2D eigenvalue weighted by atomic mass is 9.97. The van der Waals surface area contributed by atoms with Gasteiger partial charge in [0.05, 0.1) is 41.5 Å². The van der Waals surface area contributed by atoms with Crippen LogP contribution in [0.3, 0.4) is 0 Å². The smallest absolute Gasteiger partial charge is 0.331 e. The predicted octanol–water partition coefficient (Wildman–Crippen LogP) is 3.88. The van der Waals surface area contributed by atoms with Crippen molar-refractivity contribution in [3.63, 3.8) is 0 Å². The zero-order valence-electron chi connectivity index (χ0n) is 20.4. The minimum Gasteiger partial charge on any atom is -0.496 e. The molecule has 7 nitrogen and oxygen atoms in total. The highest BCUT2D eigenvalue weighted by Crippen LogP contribution is 2.46. The van der Waals surface area contributed by atoms with Gasteiger partial charge in [-0.25, -0.2) is 4.79 Å². The second-order valence-corrected chi connectivity index (χ2v) is 9.61. The molecule has 1 aliphatic heterocycles. The van der Waals surface area contributed by atoms with Gasteiger partial charge in [0.2, 0.25) is 0 Å². The number of aromatic nitrogens is 3. The van der Waals surface area contributed by atoms with Crippen molar-refractivity contribution in [2.24, 2.45) is 14.1 Å². The maximum atomic E-state index is 13.6. The van der Waals surface area contributed by atoms with E-state index < -0.39 is 11.6 Å². The molecule has 1 atom stereocenters. The van der Waals surface area contributed by atoms with Crippen molar-refractivity contribution in [3.05, 3.63) is 86.2 Å². The number of hydrogen-bond acceptors (Lipinski definition) is 4. The third kappa shape index (κ3) is 3.07. The van der Waals surface area contributed by atoms with Gasteiger partial charge in [0.15, 0.2) is 0 Å². The molecule has 2 aromatic heterocycles. The molecule has 0 fully saturated rings. The number of nitrogens with zero attached hydrogens (tertiary/aromatic N) is 3. The van der Waals surface area contributed by atoms with Gasteiger partial charge in [0.25, 0.3) is 5.56 Å². The number of methoxy groups -OCH3 is 1. The van der Waals surface area contributed by atoms with E-state index >= 15 is 0 Å². The topological polar surface area (TPSA) is 67.4 Å². The molecule has 5 rings (SSSR count). The highest BCUT2D eigenvalue weighted by molar-refractivity contribution is 5.97. The predicted molar refractivity (Wildman–Crippen MR) is 133 cm³/mol. The highest BCUT2D eigenvalue weighted by atomic mass is 16.5. The number of para-hydroxylation sites is 1. The molecule has 3 heterocycles. The fourth-order valence-corrected chi connectivity index (χ4v) is 5.10. The summed E-state index contributed by atoms with van der Waals surface area (Å²) in [6.45, 7) is 6.65. The Hall–Kier alpha value is -3.58. The Balaban J connectivity index is 2.01. The second kappa shape index (κ2) is 7.74. The van der Waals surface area contributed by atoms with Gasteiger partial charge < -0.3 is 14.0 Å². The molecule has 2 aromatic carbocycles. The first-order valence-corrected chi connectivity index (χ1v) is 11.3. The normalized spacial score (nSPS) is 17.1. The average Bonchev–Trinajstić information content (AvgIpc) is 3.20. The quantitative estimate of drug-likeness (QED) is 0.466. The summed E-state index contributed by atoms with van der Waals surface area (Å²) in [5.74, 6) is 0.693. The highest BCUT2D eigenvalue weighted by Gasteiger charge is 2.41. The van der Waals surface area contributed by atoms with E-state index in [9.17, 15) is 9.59 Å². The molecule has 176 valence electrons. The molecule has 4 aromatic rings. The summed E-state index contributed by atoms with van der Waals surface area (Å²) in [6.07, 6.45) is -0.511. The van der Waals surface area contributed by atoms with E-state index in [0.717, 1.165) is 28.1 Å². The van der Waals surface area contributed by atoms with Crippen LogP contribution in [0.2, 0.25) is 0 Å². The van der Waals surface area contributed by atoms with Crippen LogP contribution in [0.15, 0.2) is 58.1 Å². The summed E-state index contributed by atoms with van der Waals surface area (Å²) in [5.41, 5.74) is 3.93. The summed E-state index contributed by atoms with van der Waals surface area (Å²) in [7, 11) is 4.87. The zero-order valence-corrected chi connectivity index (χ0v) is 20.4. The van der Waals surface area contributed by atoms with Crippen molar-refractivity contribution in [2.45, 2.75) is 32.4 Å². The van der Waals surface area contributed by atoms with E-state index in [1.165, 1.54) is 11.6 Å². The lowest BCUT2D eigenvalue weighted by Crippen LogP contribution is -2.40. The van der Waals surface area contributed by atoms with Gasteiger partial charge in [-0.3, -0.25) is 13.9 Å². The van der Waals surface area contributed by atoms with E-state index in [2.05, 4.69) is 18.4 Å². The largest absolute Gasteiger partial charge is 0.496 e.